The fraction of sp³-hybridized carbons (Fsp3) is 0.368. The highest BCUT2D eigenvalue weighted by Crippen LogP contribution is 2.26. The highest BCUT2D eigenvalue weighted by molar-refractivity contribution is 5.96. The Kier molecular flexibility index (Phi) is 4.62. The van der Waals surface area contributed by atoms with Crippen LogP contribution in [0.5, 0.6) is 0 Å². The lowest BCUT2D eigenvalue weighted by Crippen LogP contribution is -2.40. The van der Waals surface area contributed by atoms with E-state index in [-0.39, 0.29) is 17.8 Å². The average Bonchev–Trinajstić information content (AvgIpc) is 3.37. The number of nitrogens with zero attached hydrogens (tertiary/aromatic N) is 3. The zero-order valence-electron chi connectivity index (χ0n) is 15.1. The van der Waals surface area contributed by atoms with Gasteiger partial charge in [0.05, 0.1) is 18.2 Å². The lowest BCUT2D eigenvalue weighted by molar-refractivity contribution is -0.149. The summed E-state index contributed by atoms with van der Waals surface area (Å²) >= 11 is 0. The second-order valence-corrected chi connectivity index (χ2v) is 6.58. The number of H-pyrrole nitrogens is 2. The molecule has 1 amide bonds. The minimum Gasteiger partial charge on any atom is -0.466 e. The molecule has 8 nitrogen and oxygen atoms in total. The molecule has 3 aromatic rings. The minimum atomic E-state index is -0.161. The zero-order chi connectivity index (χ0) is 18.8. The van der Waals surface area contributed by atoms with Gasteiger partial charge in [0, 0.05) is 36.4 Å². The summed E-state index contributed by atoms with van der Waals surface area (Å²) in [7, 11) is 0. The third-order valence-corrected chi connectivity index (χ3v) is 4.94. The number of likely N-dealkylation sites (tertiary alicyclic amines) is 1. The topological polar surface area (TPSA) is 104 Å². The number of fused-ring (bicyclic) bond motifs is 1. The summed E-state index contributed by atoms with van der Waals surface area (Å²) in [6.45, 7) is 3.29. The molecular formula is C19H21N5O3. The van der Waals surface area contributed by atoms with Gasteiger partial charge in [0.2, 0.25) is 0 Å². The molecule has 8 heteroatoms. The summed E-state index contributed by atoms with van der Waals surface area (Å²) in [5.41, 5.74) is 2.89. The number of rotatable bonds is 4. The summed E-state index contributed by atoms with van der Waals surface area (Å²) in [4.78, 5) is 41.1. The van der Waals surface area contributed by atoms with Gasteiger partial charge in [-0.05, 0) is 31.9 Å². The monoisotopic (exact) mass is 367 g/mol. The maximum atomic E-state index is 12.8. The van der Waals surface area contributed by atoms with Crippen molar-refractivity contribution in [2.75, 3.05) is 19.7 Å². The molecule has 2 N–H and O–H groups in total. The number of piperidine rings is 1. The van der Waals surface area contributed by atoms with Gasteiger partial charge in [0.1, 0.15) is 17.7 Å². The van der Waals surface area contributed by atoms with E-state index in [0.717, 1.165) is 22.3 Å². The van der Waals surface area contributed by atoms with Crippen LogP contribution in [0.1, 0.15) is 30.3 Å². The molecule has 0 bridgehead atoms. The van der Waals surface area contributed by atoms with E-state index in [1.165, 1.54) is 6.33 Å². The number of aromatic amines is 2. The predicted molar refractivity (Wildman–Crippen MR) is 98.9 cm³/mol. The van der Waals surface area contributed by atoms with Crippen molar-refractivity contribution in [1.82, 2.24) is 24.8 Å². The number of amides is 1. The van der Waals surface area contributed by atoms with Crippen LogP contribution >= 0.6 is 0 Å². The van der Waals surface area contributed by atoms with E-state index in [2.05, 4.69) is 19.9 Å². The number of hydrogen-bond donors (Lipinski definition) is 2. The molecule has 140 valence electrons. The molecule has 27 heavy (non-hydrogen) atoms. The van der Waals surface area contributed by atoms with Crippen molar-refractivity contribution < 1.29 is 14.3 Å². The SMILES string of the molecule is CCOC(=O)C1CCN(C(=O)c2cc(-c3ncnc4[nH]ccc34)c[nH]2)CC1. The Labute approximate surface area is 156 Å². The Bertz CT molecular complexity index is 969. The zero-order valence-corrected chi connectivity index (χ0v) is 15.1. The second-order valence-electron chi connectivity index (χ2n) is 6.58. The van der Waals surface area contributed by atoms with Crippen molar-refractivity contribution in [2.45, 2.75) is 19.8 Å². The number of hydrogen-bond acceptors (Lipinski definition) is 5. The van der Waals surface area contributed by atoms with Gasteiger partial charge in [-0.15, -0.1) is 0 Å². The van der Waals surface area contributed by atoms with Crippen molar-refractivity contribution in [3.05, 3.63) is 36.5 Å². The summed E-state index contributed by atoms with van der Waals surface area (Å²) in [5.74, 6) is -0.343. The van der Waals surface area contributed by atoms with Crippen LogP contribution in [-0.2, 0) is 9.53 Å². The maximum absolute atomic E-state index is 12.8. The third-order valence-electron chi connectivity index (χ3n) is 4.94. The first kappa shape index (κ1) is 17.3. The van der Waals surface area contributed by atoms with E-state index in [1.807, 2.05) is 18.3 Å². The van der Waals surface area contributed by atoms with E-state index in [4.69, 9.17) is 4.74 Å². The molecule has 0 saturated carbocycles. The van der Waals surface area contributed by atoms with Crippen LogP contribution in [0, 0.1) is 5.92 Å². The van der Waals surface area contributed by atoms with Crippen LogP contribution in [0.2, 0.25) is 0 Å². The fourth-order valence-electron chi connectivity index (χ4n) is 3.51. The van der Waals surface area contributed by atoms with Gasteiger partial charge in [-0.1, -0.05) is 0 Å². The number of esters is 1. The van der Waals surface area contributed by atoms with Crippen LogP contribution in [0.25, 0.3) is 22.3 Å². The quantitative estimate of drug-likeness (QED) is 0.689. The molecule has 0 aromatic carbocycles. The van der Waals surface area contributed by atoms with Gasteiger partial charge in [-0.3, -0.25) is 9.59 Å². The van der Waals surface area contributed by atoms with Crippen molar-refractivity contribution >= 4 is 22.9 Å². The van der Waals surface area contributed by atoms with Gasteiger partial charge < -0.3 is 19.6 Å². The lowest BCUT2D eigenvalue weighted by atomic mass is 9.97. The first-order valence-electron chi connectivity index (χ1n) is 9.10. The van der Waals surface area contributed by atoms with Crippen LogP contribution in [0.4, 0.5) is 0 Å². The van der Waals surface area contributed by atoms with E-state index < -0.39 is 0 Å². The van der Waals surface area contributed by atoms with E-state index in [0.29, 0.717) is 38.2 Å². The largest absolute Gasteiger partial charge is 0.466 e. The summed E-state index contributed by atoms with van der Waals surface area (Å²) < 4.78 is 5.08. The number of aromatic nitrogens is 4. The van der Waals surface area contributed by atoms with Gasteiger partial charge in [0.15, 0.2) is 0 Å². The van der Waals surface area contributed by atoms with Crippen LogP contribution < -0.4 is 0 Å². The van der Waals surface area contributed by atoms with Gasteiger partial charge in [-0.2, -0.15) is 0 Å². The van der Waals surface area contributed by atoms with Gasteiger partial charge in [0.25, 0.3) is 5.91 Å². The third kappa shape index (κ3) is 3.30. The molecule has 3 aromatic heterocycles. The molecule has 1 fully saturated rings. The fourth-order valence-corrected chi connectivity index (χ4v) is 3.51. The van der Waals surface area contributed by atoms with Gasteiger partial charge >= 0.3 is 5.97 Å². The standard InChI is InChI=1S/C19H21N5O3/c1-2-27-19(26)12-4-7-24(8-5-12)18(25)15-9-13(10-21-15)16-14-3-6-20-17(14)23-11-22-16/h3,6,9-12,21H,2,4-5,7-8H2,1H3,(H,20,22,23). The summed E-state index contributed by atoms with van der Waals surface area (Å²) in [6.07, 6.45) is 6.37. The Morgan fingerprint density at radius 1 is 1.26 bits per heavy atom. The molecule has 1 aliphatic rings. The Morgan fingerprint density at radius 2 is 2.07 bits per heavy atom. The van der Waals surface area contributed by atoms with Crippen molar-refractivity contribution in [3.8, 4) is 11.3 Å². The first-order chi connectivity index (χ1) is 13.2. The Hall–Kier alpha value is -3.16. The maximum Gasteiger partial charge on any atom is 0.309 e. The highest BCUT2D eigenvalue weighted by atomic mass is 16.5. The number of carbonyl (C=O) groups excluding carboxylic acids is 2. The Balaban J connectivity index is 1.47. The molecule has 0 atom stereocenters. The molecule has 1 aliphatic heterocycles. The summed E-state index contributed by atoms with van der Waals surface area (Å²) in [5, 5.41) is 0.908. The van der Waals surface area contributed by atoms with Gasteiger partial charge in [-0.25, -0.2) is 9.97 Å². The lowest BCUT2D eigenvalue weighted by Gasteiger charge is -2.30. The van der Waals surface area contributed by atoms with E-state index in [1.54, 1.807) is 18.0 Å². The molecule has 4 heterocycles. The van der Waals surface area contributed by atoms with Crippen LogP contribution in [0.3, 0.4) is 0 Å². The second kappa shape index (κ2) is 7.22. The molecule has 0 radical (unpaired) electrons. The Morgan fingerprint density at radius 3 is 2.85 bits per heavy atom. The minimum absolute atomic E-state index is 0.0667. The normalized spacial score (nSPS) is 15.2. The van der Waals surface area contributed by atoms with E-state index in [9.17, 15) is 9.59 Å². The molecule has 0 spiro atoms. The number of nitrogens with one attached hydrogen (secondary N) is 2. The van der Waals surface area contributed by atoms with Crippen LogP contribution in [0.15, 0.2) is 30.9 Å². The molecule has 0 aliphatic carbocycles. The smallest absolute Gasteiger partial charge is 0.309 e. The predicted octanol–water partition coefficient (Wildman–Crippen LogP) is 2.37. The van der Waals surface area contributed by atoms with Crippen LogP contribution in [-0.4, -0.2) is 56.4 Å². The van der Waals surface area contributed by atoms with E-state index >= 15 is 0 Å². The van der Waals surface area contributed by atoms with Crippen molar-refractivity contribution in [3.63, 3.8) is 0 Å². The number of carbonyl (C=O) groups is 2. The van der Waals surface area contributed by atoms with Crippen molar-refractivity contribution in [2.24, 2.45) is 5.92 Å². The first-order valence-corrected chi connectivity index (χ1v) is 9.10. The molecule has 0 unspecified atom stereocenters. The molecular weight excluding hydrogens is 346 g/mol. The summed E-state index contributed by atoms with van der Waals surface area (Å²) in [6, 6.07) is 3.73. The average molecular weight is 367 g/mol. The molecule has 4 rings (SSSR count). The number of ether oxygens (including phenoxy) is 1. The highest BCUT2D eigenvalue weighted by Gasteiger charge is 2.29. The van der Waals surface area contributed by atoms with Crippen molar-refractivity contribution in [1.29, 1.82) is 0 Å². The molecule has 1 saturated heterocycles.